The molecule has 1 aliphatic carbocycles. The lowest BCUT2D eigenvalue weighted by atomic mass is 9.65. The molecule has 2 saturated heterocycles. The fourth-order valence-electron chi connectivity index (χ4n) is 5.37. The first-order chi connectivity index (χ1) is 15.2. The van der Waals surface area contributed by atoms with E-state index in [0.29, 0.717) is 32.5 Å². The quantitative estimate of drug-likeness (QED) is 0.321. The van der Waals surface area contributed by atoms with Gasteiger partial charge in [0.25, 0.3) is 5.56 Å². The van der Waals surface area contributed by atoms with Crippen LogP contribution in [0.3, 0.4) is 0 Å². The van der Waals surface area contributed by atoms with Gasteiger partial charge in [0, 0.05) is 25.7 Å². The first-order valence-corrected chi connectivity index (χ1v) is 11.2. The number of nitrogens with zero attached hydrogens (tertiary/aromatic N) is 3. The van der Waals surface area contributed by atoms with Crippen LogP contribution in [-0.2, 0) is 16.1 Å². The number of carbonyl (C=O) groups is 1. The van der Waals surface area contributed by atoms with Crippen molar-refractivity contribution in [2.75, 3.05) is 26.3 Å². The minimum atomic E-state index is -0.705. The Labute approximate surface area is 185 Å². The van der Waals surface area contributed by atoms with Gasteiger partial charge in [-0.05, 0) is 37.5 Å². The Bertz CT molecular complexity index is 1040. The number of aromatic nitrogens is 2. The Morgan fingerprint density at radius 3 is 2.31 bits per heavy atom. The van der Waals surface area contributed by atoms with Gasteiger partial charge in [0.15, 0.2) is 0 Å². The number of nitrogen functional groups attached to an aromatic ring is 1. The van der Waals surface area contributed by atoms with E-state index in [1.165, 1.54) is 4.57 Å². The van der Waals surface area contributed by atoms with Gasteiger partial charge in [0.2, 0.25) is 11.8 Å². The van der Waals surface area contributed by atoms with Gasteiger partial charge in [0.05, 0.1) is 13.2 Å². The summed E-state index contributed by atoms with van der Waals surface area (Å²) in [7, 11) is 0. The van der Waals surface area contributed by atoms with E-state index in [1.54, 1.807) is 0 Å². The molecule has 11 heteroatoms. The van der Waals surface area contributed by atoms with E-state index in [1.807, 2.05) is 6.92 Å². The summed E-state index contributed by atoms with van der Waals surface area (Å²) in [6.07, 6.45) is 4.32. The molecular weight excluding hydrogens is 416 g/mol. The van der Waals surface area contributed by atoms with E-state index in [4.69, 9.17) is 21.6 Å². The van der Waals surface area contributed by atoms with Crippen molar-refractivity contribution in [3.8, 4) is 5.88 Å². The van der Waals surface area contributed by atoms with Crippen molar-refractivity contribution < 1.29 is 14.6 Å². The normalized spacial score (nSPS) is 22.3. The molecular formula is C21H32N6O5. The number of rotatable bonds is 7. The summed E-state index contributed by atoms with van der Waals surface area (Å²) in [6, 6.07) is -0.321. The van der Waals surface area contributed by atoms with Crippen LogP contribution in [0.5, 0.6) is 5.88 Å². The Hall–Kier alpha value is -2.66. The Morgan fingerprint density at radius 1 is 1.22 bits per heavy atom. The molecule has 0 radical (unpaired) electrons. The van der Waals surface area contributed by atoms with Crippen molar-refractivity contribution in [2.24, 2.45) is 16.9 Å². The van der Waals surface area contributed by atoms with E-state index in [0.717, 1.165) is 36.9 Å². The second-order valence-electron chi connectivity index (χ2n) is 9.55. The van der Waals surface area contributed by atoms with Gasteiger partial charge in [-0.3, -0.25) is 29.0 Å². The molecule has 0 atom stereocenters. The maximum Gasteiger partial charge on any atom is 0.334 e. The van der Waals surface area contributed by atoms with E-state index in [2.05, 4.69) is 4.90 Å². The number of likely N-dealkylation sites (tertiary alicyclic amines) is 1. The summed E-state index contributed by atoms with van der Waals surface area (Å²) in [4.78, 5) is 40.2. The number of amides is 1. The molecule has 3 fully saturated rings. The maximum absolute atomic E-state index is 13.1. The molecule has 0 unspecified atom stereocenters. The van der Waals surface area contributed by atoms with Crippen LogP contribution >= 0.6 is 0 Å². The number of aromatic hydroxyl groups is 1. The third-order valence-corrected chi connectivity index (χ3v) is 7.53. The van der Waals surface area contributed by atoms with E-state index in [9.17, 15) is 19.5 Å². The molecule has 1 spiro atoms. The van der Waals surface area contributed by atoms with Crippen LogP contribution in [0, 0.1) is 10.8 Å². The highest BCUT2D eigenvalue weighted by atomic mass is 16.5. The fraction of sp³-hybridized carbons (Fsp3) is 0.714. The number of nitrogens with one attached hydrogen (secondary N) is 1. The van der Waals surface area contributed by atoms with Crippen molar-refractivity contribution in [3.63, 3.8) is 0 Å². The highest BCUT2D eigenvalue weighted by Crippen LogP contribution is 2.49. The van der Waals surface area contributed by atoms with Crippen LogP contribution < -0.4 is 22.7 Å². The molecule has 3 aliphatic rings. The van der Waals surface area contributed by atoms with E-state index < -0.39 is 28.5 Å². The monoisotopic (exact) mass is 448 g/mol. The lowest BCUT2D eigenvalue weighted by molar-refractivity contribution is -0.202. The molecule has 0 bridgehead atoms. The van der Waals surface area contributed by atoms with Gasteiger partial charge in [-0.15, -0.1) is 0 Å². The van der Waals surface area contributed by atoms with Gasteiger partial charge < -0.3 is 21.3 Å². The Kier molecular flexibility index (Phi) is 5.66. The summed E-state index contributed by atoms with van der Waals surface area (Å²) < 4.78 is 7.58. The number of carbonyl (C=O) groups excluding carboxylic acids is 1. The minimum Gasteiger partial charge on any atom is -0.494 e. The minimum absolute atomic E-state index is 0.0414. The summed E-state index contributed by atoms with van der Waals surface area (Å²) >= 11 is 0. The zero-order valence-electron chi connectivity index (χ0n) is 18.4. The average Bonchev–Trinajstić information content (AvgIpc) is 2.66. The fourth-order valence-corrected chi connectivity index (χ4v) is 5.37. The van der Waals surface area contributed by atoms with Crippen LogP contribution in [0.25, 0.3) is 0 Å². The number of primary amides is 1. The summed E-state index contributed by atoms with van der Waals surface area (Å²) in [5.74, 6) is -1.43. The molecule has 6 N–H and O–H groups in total. The topological polar surface area (TPSA) is 170 Å². The van der Waals surface area contributed by atoms with Gasteiger partial charge >= 0.3 is 5.69 Å². The van der Waals surface area contributed by atoms with Crippen molar-refractivity contribution in [2.45, 2.75) is 63.6 Å². The van der Waals surface area contributed by atoms with Crippen LogP contribution in [0.2, 0.25) is 0 Å². The van der Waals surface area contributed by atoms with Crippen LogP contribution in [0.1, 0.15) is 57.1 Å². The molecule has 3 heterocycles. The smallest absolute Gasteiger partial charge is 0.334 e. The highest BCUT2D eigenvalue weighted by Gasteiger charge is 2.58. The van der Waals surface area contributed by atoms with E-state index >= 15 is 0 Å². The number of amidine groups is 1. The molecule has 2 aliphatic heterocycles. The van der Waals surface area contributed by atoms with Gasteiger partial charge in [-0.1, -0.05) is 13.3 Å². The molecule has 1 amide bonds. The molecule has 4 rings (SSSR count). The molecule has 32 heavy (non-hydrogen) atoms. The predicted octanol–water partition coefficient (Wildman–Crippen LogP) is -0.529. The molecule has 1 aromatic heterocycles. The van der Waals surface area contributed by atoms with Gasteiger partial charge in [0.1, 0.15) is 16.9 Å². The third kappa shape index (κ3) is 3.34. The lowest BCUT2D eigenvalue weighted by Crippen LogP contribution is -2.76. The van der Waals surface area contributed by atoms with Crippen LogP contribution in [0.15, 0.2) is 9.59 Å². The first-order valence-electron chi connectivity index (χ1n) is 11.2. The first kappa shape index (κ1) is 22.5. The number of nitrogens with two attached hydrogens (primary N) is 2. The van der Waals surface area contributed by atoms with Gasteiger partial charge in [-0.25, -0.2) is 4.79 Å². The molecule has 11 nitrogen and oxygen atoms in total. The summed E-state index contributed by atoms with van der Waals surface area (Å²) in [5, 5.41) is 18.2. The number of hydrogen-bond acceptors (Lipinski definition) is 7. The summed E-state index contributed by atoms with van der Waals surface area (Å²) in [6.45, 7) is 4.37. The summed E-state index contributed by atoms with van der Waals surface area (Å²) in [5.41, 5.74) is 8.95. The molecule has 176 valence electrons. The Morgan fingerprint density at radius 2 is 1.84 bits per heavy atom. The van der Waals surface area contributed by atoms with Gasteiger partial charge in [-0.2, -0.15) is 0 Å². The largest absolute Gasteiger partial charge is 0.494 e. The SMILES string of the molecule is CCCCn1c(O)c(C(=N)N)c(=O)n(C2CCC3(CC2)CN(C2(C(N)=O)COC2)C3)c1=O. The second-order valence-corrected chi connectivity index (χ2v) is 9.55. The van der Waals surface area contributed by atoms with Crippen molar-refractivity contribution in [3.05, 3.63) is 26.4 Å². The highest BCUT2D eigenvalue weighted by molar-refractivity contribution is 5.96. The van der Waals surface area contributed by atoms with E-state index in [-0.39, 0.29) is 29.5 Å². The van der Waals surface area contributed by atoms with Crippen LogP contribution in [-0.4, -0.2) is 62.7 Å². The zero-order chi connectivity index (χ0) is 23.3. The number of hydrogen-bond donors (Lipinski definition) is 4. The molecule has 1 aromatic rings. The zero-order valence-corrected chi connectivity index (χ0v) is 18.4. The third-order valence-electron chi connectivity index (χ3n) is 7.53. The second kappa shape index (κ2) is 8.04. The number of ether oxygens (including phenoxy) is 1. The molecule has 1 saturated carbocycles. The number of unbranched alkanes of at least 4 members (excludes halogenated alkanes) is 1. The van der Waals surface area contributed by atoms with Crippen molar-refractivity contribution in [1.82, 2.24) is 14.0 Å². The van der Waals surface area contributed by atoms with Crippen molar-refractivity contribution >= 4 is 11.7 Å². The Balaban J connectivity index is 1.55. The predicted molar refractivity (Wildman–Crippen MR) is 117 cm³/mol. The van der Waals surface area contributed by atoms with Crippen LogP contribution in [0.4, 0.5) is 0 Å². The average molecular weight is 449 g/mol. The standard InChI is InChI=1S/C21H32N6O5/c1-2-3-8-26-16(28)14(15(22)23)17(29)27(19(26)31)13-4-6-20(7-5-13)9-25(10-20)21(18(24)30)11-32-12-21/h13,28H,2-12H2,1H3,(H3,22,23)(H2,24,30). The lowest BCUT2D eigenvalue weighted by Gasteiger charge is -2.61. The van der Waals surface area contributed by atoms with Crippen molar-refractivity contribution in [1.29, 1.82) is 5.41 Å². The maximum atomic E-state index is 13.1. The molecule has 0 aromatic carbocycles.